The second kappa shape index (κ2) is 8.90. The number of Topliss-reactive ketones (excluding diaryl/α,β-unsaturated/α-hetero) is 1. The Bertz CT molecular complexity index is 164. The molecule has 0 saturated heterocycles. The molecule has 0 aliphatic rings. The van der Waals surface area contributed by atoms with Crippen LogP contribution in [0.5, 0.6) is 0 Å². The molecule has 2 N–H and O–H groups in total. The zero-order chi connectivity index (χ0) is 11.7. The van der Waals surface area contributed by atoms with E-state index in [0.29, 0.717) is 18.2 Å². The van der Waals surface area contributed by atoms with Crippen molar-refractivity contribution in [2.24, 2.45) is 17.6 Å². The molecule has 0 aromatic heterocycles. The third-order valence-electron chi connectivity index (χ3n) is 3.27. The molecule has 0 saturated carbocycles. The standard InChI is InChI=1S/C13H27NO/c1-4-7-8-11(5-2)9-13(15)12(6-3)10-14/h11-12H,4-10,14H2,1-3H3. The summed E-state index contributed by atoms with van der Waals surface area (Å²) < 4.78 is 0. The van der Waals surface area contributed by atoms with E-state index in [1.165, 1.54) is 19.3 Å². The van der Waals surface area contributed by atoms with Crippen molar-refractivity contribution in [1.29, 1.82) is 0 Å². The Hall–Kier alpha value is -0.370. The van der Waals surface area contributed by atoms with Crippen molar-refractivity contribution in [2.45, 2.75) is 59.3 Å². The second-order valence-electron chi connectivity index (χ2n) is 4.43. The normalized spacial score (nSPS) is 14.9. The lowest BCUT2D eigenvalue weighted by molar-refractivity contribution is -0.123. The molecule has 0 aliphatic carbocycles. The van der Waals surface area contributed by atoms with Gasteiger partial charge in [0.25, 0.3) is 0 Å². The maximum absolute atomic E-state index is 11.9. The largest absolute Gasteiger partial charge is 0.330 e. The van der Waals surface area contributed by atoms with Crippen molar-refractivity contribution < 1.29 is 4.79 Å². The van der Waals surface area contributed by atoms with Crippen LogP contribution in [0.25, 0.3) is 0 Å². The van der Waals surface area contributed by atoms with Gasteiger partial charge in [-0.05, 0) is 12.3 Å². The third-order valence-corrected chi connectivity index (χ3v) is 3.27. The van der Waals surface area contributed by atoms with E-state index in [9.17, 15) is 4.79 Å². The zero-order valence-electron chi connectivity index (χ0n) is 10.6. The highest BCUT2D eigenvalue weighted by atomic mass is 16.1. The van der Waals surface area contributed by atoms with Crippen LogP contribution in [0.1, 0.15) is 59.3 Å². The highest BCUT2D eigenvalue weighted by Gasteiger charge is 2.18. The molecular weight excluding hydrogens is 186 g/mol. The lowest BCUT2D eigenvalue weighted by Crippen LogP contribution is -2.24. The summed E-state index contributed by atoms with van der Waals surface area (Å²) in [5.41, 5.74) is 5.58. The van der Waals surface area contributed by atoms with Crippen molar-refractivity contribution in [3.63, 3.8) is 0 Å². The van der Waals surface area contributed by atoms with Crippen LogP contribution in [0, 0.1) is 11.8 Å². The van der Waals surface area contributed by atoms with Gasteiger partial charge in [0.2, 0.25) is 0 Å². The minimum absolute atomic E-state index is 0.0978. The molecule has 90 valence electrons. The summed E-state index contributed by atoms with van der Waals surface area (Å²) in [7, 11) is 0. The van der Waals surface area contributed by atoms with E-state index in [0.717, 1.165) is 19.3 Å². The number of hydrogen-bond acceptors (Lipinski definition) is 2. The summed E-state index contributed by atoms with van der Waals surface area (Å²) in [5.74, 6) is 1.06. The fourth-order valence-corrected chi connectivity index (χ4v) is 1.92. The molecule has 0 radical (unpaired) electrons. The first-order valence-electron chi connectivity index (χ1n) is 6.42. The maximum atomic E-state index is 11.9. The lowest BCUT2D eigenvalue weighted by Gasteiger charge is -2.17. The van der Waals surface area contributed by atoms with E-state index >= 15 is 0 Å². The molecule has 15 heavy (non-hydrogen) atoms. The van der Waals surface area contributed by atoms with Crippen molar-refractivity contribution in [2.75, 3.05) is 6.54 Å². The topological polar surface area (TPSA) is 43.1 Å². The number of carbonyl (C=O) groups is 1. The SMILES string of the molecule is CCCCC(CC)CC(=O)C(CC)CN. The average Bonchev–Trinajstić information content (AvgIpc) is 2.25. The molecule has 0 fully saturated rings. The molecule has 0 aliphatic heterocycles. The Morgan fingerprint density at radius 2 is 1.87 bits per heavy atom. The summed E-state index contributed by atoms with van der Waals surface area (Å²) in [5, 5.41) is 0. The predicted molar refractivity (Wildman–Crippen MR) is 65.8 cm³/mol. The number of nitrogens with two attached hydrogens (primary N) is 1. The molecule has 2 nitrogen and oxygen atoms in total. The van der Waals surface area contributed by atoms with Crippen LogP contribution in [-0.2, 0) is 4.79 Å². The van der Waals surface area contributed by atoms with Gasteiger partial charge >= 0.3 is 0 Å². The van der Waals surface area contributed by atoms with E-state index in [2.05, 4.69) is 13.8 Å². The van der Waals surface area contributed by atoms with Crippen molar-refractivity contribution in [1.82, 2.24) is 0 Å². The van der Waals surface area contributed by atoms with Gasteiger partial charge in [-0.1, -0.05) is 46.5 Å². The average molecular weight is 213 g/mol. The Balaban J connectivity index is 3.98. The van der Waals surface area contributed by atoms with Gasteiger partial charge in [0.15, 0.2) is 0 Å². The highest BCUT2D eigenvalue weighted by Crippen LogP contribution is 2.19. The third kappa shape index (κ3) is 5.93. The Labute approximate surface area is 94.6 Å². The molecule has 0 bridgehead atoms. The van der Waals surface area contributed by atoms with Crippen LogP contribution < -0.4 is 5.73 Å². The van der Waals surface area contributed by atoms with Gasteiger partial charge in [0.1, 0.15) is 5.78 Å². The number of hydrogen-bond donors (Lipinski definition) is 1. The molecule has 0 rings (SSSR count). The molecule has 0 aromatic carbocycles. The van der Waals surface area contributed by atoms with Crippen molar-refractivity contribution in [3.8, 4) is 0 Å². The minimum Gasteiger partial charge on any atom is -0.330 e. The Kier molecular flexibility index (Phi) is 8.68. The summed E-state index contributed by atoms with van der Waals surface area (Å²) >= 11 is 0. The first-order valence-corrected chi connectivity index (χ1v) is 6.42. The molecule has 0 heterocycles. The fourth-order valence-electron chi connectivity index (χ4n) is 1.92. The molecule has 0 aromatic rings. The van der Waals surface area contributed by atoms with Gasteiger partial charge in [-0.2, -0.15) is 0 Å². The molecule has 2 unspecified atom stereocenters. The van der Waals surface area contributed by atoms with Crippen LogP contribution in [0.15, 0.2) is 0 Å². The monoisotopic (exact) mass is 213 g/mol. The zero-order valence-corrected chi connectivity index (χ0v) is 10.6. The van der Waals surface area contributed by atoms with Gasteiger partial charge in [0, 0.05) is 18.9 Å². The summed E-state index contributed by atoms with van der Waals surface area (Å²) in [6.45, 7) is 6.93. The van der Waals surface area contributed by atoms with E-state index in [1.807, 2.05) is 6.92 Å². The summed E-state index contributed by atoms with van der Waals surface area (Å²) in [4.78, 5) is 11.9. The first-order chi connectivity index (χ1) is 7.19. The Morgan fingerprint density at radius 3 is 2.27 bits per heavy atom. The Morgan fingerprint density at radius 1 is 1.20 bits per heavy atom. The molecule has 0 amide bonds. The van der Waals surface area contributed by atoms with Crippen LogP contribution in [-0.4, -0.2) is 12.3 Å². The highest BCUT2D eigenvalue weighted by molar-refractivity contribution is 5.81. The van der Waals surface area contributed by atoms with Crippen LogP contribution in [0.2, 0.25) is 0 Å². The smallest absolute Gasteiger partial charge is 0.137 e. The minimum atomic E-state index is 0.0978. The number of carbonyl (C=O) groups excluding carboxylic acids is 1. The number of rotatable bonds is 9. The molecule has 0 spiro atoms. The van der Waals surface area contributed by atoms with Gasteiger partial charge in [-0.15, -0.1) is 0 Å². The van der Waals surface area contributed by atoms with E-state index in [1.54, 1.807) is 0 Å². The van der Waals surface area contributed by atoms with Crippen molar-refractivity contribution >= 4 is 5.78 Å². The van der Waals surface area contributed by atoms with E-state index in [4.69, 9.17) is 5.73 Å². The lowest BCUT2D eigenvalue weighted by atomic mass is 9.88. The summed E-state index contributed by atoms with van der Waals surface area (Å²) in [6.07, 6.45) is 6.40. The number of ketones is 1. The van der Waals surface area contributed by atoms with Crippen LogP contribution >= 0.6 is 0 Å². The quantitative estimate of drug-likeness (QED) is 0.639. The first kappa shape index (κ1) is 14.6. The molecular formula is C13H27NO. The summed E-state index contributed by atoms with van der Waals surface area (Å²) in [6, 6.07) is 0. The van der Waals surface area contributed by atoms with Gasteiger partial charge < -0.3 is 5.73 Å². The molecule has 2 atom stereocenters. The van der Waals surface area contributed by atoms with E-state index < -0.39 is 0 Å². The van der Waals surface area contributed by atoms with Crippen molar-refractivity contribution in [3.05, 3.63) is 0 Å². The van der Waals surface area contributed by atoms with Crippen LogP contribution in [0.4, 0.5) is 0 Å². The number of unbranched alkanes of at least 4 members (excludes halogenated alkanes) is 1. The van der Waals surface area contributed by atoms with Crippen LogP contribution in [0.3, 0.4) is 0 Å². The second-order valence-corrected chi connectivity index (χ2v) is 4.43. The maximum Gasteiger partial charge on any atom is 0.137 e. The molecule has 2 heteroatoms. The van der Waals surface area contributed by atoms with E-state index in [-0.39, 0.29) is 5.92 Å². The fraction of sp³-hybridized carbons (Fsp3) is 0.923. The predicted octanol–water partition coefficient (Wildman–Crippen LogP) is 3.15. The van der Waals surface area contributed by atoms with Gasteiger partial charge in [-0.3, -0.25) is 4.79 Å². The van der Waals surface area contributed by atoms with Gasteiger partial charge in [0.05, 0.1) is 0 Å². The van der Waals surface area contributed by atoms with Gasteiger partial charge in [-0.25, -0.2) is 0 Å².